The highest BCUT2D eigenvalue weighted by molar-refractivity contribution is 6.35. The van der Waals surface area contributed by atoms with Crippen LogP contribution in [0.1, 0.15) is 23.7 Å². The molecule has 2 heterocycles. The molecule has 128 valence electrons. The van der Waals surface area contributed by atoms with E-state index in [1.54, 1.807) is 35.3 Å². The van der Waals surface area contributed by atoms with E-state index in [1.165, 1.54) is 0 Å². The minimum absolute atomic E-state index is 0.110. The molecular formula is C17H20Cl2N4O. The maximum absolute atomic E-state index is 12.3. The summed E-state index contributed by atoms with van der Waals surface area (Å²) in [5, 5.41) is 8.27. The Kier molecular flexibility index (Phi) is 5.43. The average Bonchev–Trinajstić information content (AvgIpc) is 3.22. The van der Waals surface area contributed by atoms with Gasteiger partial charge in [0.25, 0.3) is 5.91 Å². The van der Waals surface area contributed by atoms with E-state index in [9.17, 15) is 4.79 Å². The molecular weight excluding hydrogens is 347 g/mol. The van der Waals surface area contributed by atoms with Crippen molar-refractivity contribution in [2.75, 3.05) is 26.2 Å². The topological polar surface area (TPSA) is 50.2 Å². The predicted molar refractivity (Wildman–Crippen MR) is 96.1 cm³/mol. The first-order valence-corrected chi connectivity index (χ1v) is 8.83. The molecule has 1 amide bonds. The number of carbonyl (C=O) groups excluding carboxylic acids is 1. The molecule has 0 aliphatic carbocycles. The third-order valence-corrected chi connectivity index (χ3v) is 4.91. The van der Waals surface area contributed by atoms with E-state index in [1.807, 2.05) is 0 Å². The molecule has 1 aromatic carbocycles. The van der Waals surface area contributed by atoms with E-state index in [2.05, 4.69) is 22.2 Å². The van der Waals surface area contributed by atoms with Crippen LogP contribution in [0.3, 0.4) is 0 Å². The van der Waals surface area contributed by atoms with Gasteiger partial charge in [0.2, 0.25) is 0 Å². The second kappa shape index (κ2) is 7.55. The quantitative estimate of drug-likeness (QED) is 0.883. The van der Waals surface area contributed by atoms with Crippen LogP contribution < -0.4 is 5.32 Å². The number of likely N-dealkylation sites (tertiary alicyclic amines) is 1. The molecule has 0 bridgehead atoms. The molecule has 1 saturated heterocycles. The lowest BCUT2D eigenvalue weighted by atomic mass is 10.1. The third kappa shape index (κ3) is 3.91. The van der Waals surface area contributed by atoms with Crippen molar-refractivity contribution in [1.82, 2.24) is 20.0 Å². The summed E-state index contributed by atoms with van der Waals surface area (Å²) in [4.78, 5) is 14.7. The van der Waals surface area contributed by atoms with Crippen LogP contribution in [0.2, 0.25) is 10.0 Å². The first kappa shape index (κ1) is 17.3. The van der Waals surface area contributed by atoms with Crippen LogP contribution >= 0.6 is 23.2 Å². The molecule has 1 aromatic heterocycles. The van der Waals surface area contributed by atoms with Gasteiger partial charge in [0.05, 0.1) is 22.5 Å². The van der Waals surface area contributed by atoms with E-state index < -0.39 is 0 Å². The van der Waals surface area contributed by atoms with Gasteiger partial charge in [-0.05, 0) is 43.6 Å². The summed E-state index contributed by atoms with van der Waals surface area (Å²) >= 11 is 12.1. The Morgan fingerprint density at radius 1 is 1.42 bits per heavy atom. The van der Waals surface area contributed by atoms with Crippen molar-refractivity contribution in [1.29, 1.82) is 0 Å². The Hall–Kier alpha value is -1.56. The lowest BCUT2D eigenvalue weighted by Crippen LogP contribution is -2.30. The van der Waals surface area contributed by atoms with Crippen LogP contribution in [0, 0.1) is 5.92 Å². The fraction of sp³-hybridized carbons (Fsp3) is 0.412. The molecule has 1 fully saturated rings. The van der Waals surface area contributed by atoms with Crippen molar-refractivity contribution < 1.29 is 4.79 Å². The van der Waals surface area contributed by atoms with E-state index >= 15 is 0 Å². The lowest BCUT2D eigenvalue weighted by molar-refractivity contribution is 0.0947. The van der Waals surface area contributed by atoms with Gasteiger partial charge < -0.3 is 10.2 Å². The largest absolute Gasteiger partial charge is 0.352 e. The van der Waals surface area contributed by atoms with Crippen molar-refractivity contribution >= 4 is 29.1 Å². The molecule has 0 radical (unpaired) electrons. The summed E-state index contributed by atoms with van der Waals surface area (Å²) in [5.74, 6) is 0.413. The summed E-state index contributed by atoms with van der Waals surface area (Å²) in [6, 6.07) is 5.17. The second-order valence-electron chi connectivity index (χ2n) is 6.03. The van der Waals surface area contributed by atoms with Crippen molar-refractivity contribution in [3.05, 3.63) is 46.2 Å². The molecule has 5 nitrogen and oxygen atoms in total. The Morgan fingerprint density at radius 2 is 2.25 bits per heavy atom. The van der Waals surface area contributed by atoms with E-state index in [-0.39, 0.29) is 5.91 Å². The van der Waals surface area contributed by atoms with Crippen molar-refractivity contribution in [3.63, 3.8) is 0 Å². The van der Waals surface area contributed by atoms with Gasteiger partial charge >= 0.3 is 0 Å². The van der Waals surface area contributed by atoms with E-state index in [0.29, 0.717) is 33.8 Å². The maximum atomic E-state index is 12.3. The summed E-state index contributed by atoms with van der Waals surface area (Å²) < 4.78 is 1.59. The van der Waals surface area contributed by atoms with Gasteiger partial charge in [0.1, 0.15) is 0 Å². The Bertz CT molecular complexity index is 731. The number of halogens is 2. The summed E-state index contributed by atoms with van der Waals surface area (Å²) in [7, 11) is 0. The molecule has 1 atom stereocenters. The normalized spacial score (nSPS) is 18.0. The lowest BCUT2D eigenvalue weighted by Gasteiger charge is -2.13. The molecule has 1 aliphatic heterocycles. The van der Waals surface area contributed by atoms with Crippen molar-refractivity contribution in [2.24, 2.45) is 5.92 Å². The number of aromatic nitrogens is 2. The summed E-state index contributed by atoms with van der Waals surface area (Å²) in [6.45, 7) is 6.10. The highest BCUT2D eigenvalue weighted by Gasteiger charge is 2.22. The summed E-state index contributed by atoms with van der Waals surface area (Å²) in [5.41, 5.74) is 1.21. The van der Waals surface area contributed by atoms with Gasteiger partial charge in [0.15, 0.2) is 0 Å². The number of carbonyl (C=O) groups is 1. The van der Waals surface area contributed by atoms with Gasteiger partial charge in [0, 0.05) is 24.3 Å². The number of rotatable bonds is 5. The molecule has 0 unspecified atom stereocenters. The zero-order valence-corrected chi connectivity index (χ0v) is 15.0. The SMILES string of the molecule is CCN1CC[C@H](CNC(=O)c2cnn(-c3ccc(Cl)cc3Cl)c2)C1. The molecule has 7 heteroatoms. The molecule has 2 aromatic rings. The number of benzene rings is 1. The van der Waals surface area contributed by atoms with Crippen molar-refractivity contribution in [2.45, 2.75) is 13.3 Å². The Labute approximate surface area is 151 Å². The smallest absolute Gasteiger partial charge is 0.254 e. The molecule has 3 rings (SSSR count). The highest BCUT2D eigenvalue weighted by atomic mass is 35.5. The number of amides is 1. The van der Waals surface area contributed by atoms with Crippen LogP contribution in [-0.4, -0.2) is 46.8 Å². The summed E-state index contributed by atoms with van der Waals surface area (Å²) in [6.07, 6.45) is 4.36. The number of nitrogens with zero attached hydrogens (tertiary/aromatic N) is 3. The van der Waals surface area contributed by atoms with Gasteiger partial charge in [-0.25, -0.2) is 4.68 Å². The van der Waals surface area contributed by atoms with Gasteiger partial charge in [-0.2, -0.15) is 5.10 Å². The highest BCUT2D eigenvalue weighted by Crippen LogP contribution is 2.24. The Balaban J connectivity index is 1.61. The van der Waals surface area contributed by atoms with Crippen LogP contribution in [0.25, 0.3) is 5.69 Å². The van der Waals surface area contributed by atoms with Gasteiger partial charge in [-0.15, -0.1) is 0 Å². The molecule has 0 saturated carbocycles. The van der Waals surface area contributed by atoms with Gasteiger partial charge in [-0.1, -0.05) is 30.1 Å². The van der Waals surface area contributed by atoms with E-state index in [0.717, 1.165) is 26.1 Å². The van der Waals surface area contributed by atoms with Crippen LogP contribution in [0.5, 0.6) is 0 Å². The monoisotopic (exact) mass is 366 g/mol. The minimum atomic E-state index is -0.110. The van der Waals surface area contributed by atoms with Crippen LogP contribution in [0.15, 0.2) is 30.6 Å². The number of hydrogen-bond acceptors (Lipinski definition) is 3. The number of nitrogens with one attached hydrogen (secondary N) is 1. The molecule has 1 aliphatic rings. The third-order valence-electron chi connectivity index (χ3n) is 4.37. The molecule has 0 spiro atoms. The zero-order chi connectivity index (χ0) is 17.1. The van der Waals surface area contributed by atoms with E-state index in [4.69, 9.17) is 23.2 Å². The van der Waals surface area contributed by atoms with Gasteiger partial charge in [-0.3, -0.25) is 4.79 Å². The fourth-order valence-electron chi connectivity index (χ4n) is 2.94. The molecule has 24 heavy (non-hydrogen) atoms. The fourth-order valence-corrected chi connectivity index (χ4v) is 3.44. The standard InChI is InChI=1S/C17H20Cl2N4O/c1-2-22-6-5-12(10-22)8-20-17(24)13-9-21-23(11-13)16-4-3-14(18)7-15(16)19/h3-4,7,9,11-12H,2,5-6,8,10H2,1H3,(H,20,24)/t12-/m1/s1. The van der Waals surface area contributed by atoms with Crippen LogP contribution in [-0.2, 0) is 0 Å². The maximum Gasteiger partial charge on any atom is 0.254 e. The first-order valence-electron chi connectivity index (χ1n) is 8.07. The van der Waals surface area contributed by atoms with Crippen LogP contribution in [0.4, 0.5) is 0 Å². The second-order valence-corrected chi connectivity index (χ2v) is 6.87. The minimum Gasteiger partial charge on any atom is -0.352 e. The number of hydrogen-bond donors (Lipinski definition) is 1. The zero-order valence-electron chi connectivity index (χ0n) is 13.5. The molecule has 1 N–H and O–H groups in total. The average molecular weight is 367 g/mol. The van der Waals surface area contributed by atoms with Crippen molar-refractivity contribution in [3.8, 4) is 5.69 Å². The predicted octanol–water partition coefficient (Wildman–Crippen LogP) is 3.25. The Morgan fingerprint density at radius 3 is 2.96 bits per heavy atom. The first-order chi connectivity index (χ1) is 11.6.